The normalized spacial score (nSPS) is 12.5. The third kappa shape index (κ3) is 3.47. The lowest BCUT2D eigenvalue weighted by molar-refractivity contribution is -0.384. The summed E-state index contributed by atoms with van der Waals surface area (Å²) in [5.41, 5.74) is -0.794. The van der Waals surface area contributed by atoms with Crippen LogP contribution in [0, 0.1) is 20.2 Å². The number of hydrogen-bond donors (Lipinski definition) is 0. The van der Waals surface area contributed by atoms with Crippen LogP contribution in [0.1, 0.15) is 20.7 Å². The quantitative estimate of drug-likeness (QED) is 0.320. The molecule has 0 spiro atoms. The molecule has 0 unspecified atom stereocenters. The van der Waals surface area contributed by atoms with Crippen LogP contribution in [0.2, 0.25) is 0 Å². The van der Waals surface area contributed by atoms with Crippen LogP contribution >= 0.6 is 0 Å². The van der Waals surface area contributed by atoms with E-state index in [0.717, 1.165) is 11.0 Å². The number of fused-ring (bicyclic) bond motifs is 1. The molecule has 32 heavy (non-hydrogen) atoms. The summed E-state index contributed by atoms with van der Waals surface area (Å²) in [6.45, 7) is 0. The molecule has 0 aromatic heterocycles. The average Bonchev–Trinajstić information content (AvgIpc) is 3.03. The molecule has 3 aromatic rings. The predicted molar refractivity (Wildman–Crippen MR) is 110 cm³/mol. The van der Waals surface area contributed by atoms with Gasteiger partial charge in [-0.25, -0.2) is 4.90 Å². The molecule has 0 aliphatic carbocycles. The van der Waals surface area contributed by atoms with Gasteiger partial charge >= 0.3 is 0 Å². The maximum Gasteiger partial charge on any atom is 0.297 e. The maximum absolute atomic E-state index is 13.0. The van der Waals surface area contributed by atoms with Gasteiger partial charge in [0.15, 0.2) is 0 Å². The first kappa shape index (κ1) is 20.5. The van der Waals surface area contributed by atoms with Gasteiger partial charge in [-0.2, -0.15) is 0 Å². The minimum absolute atomic E-state index is 0.0111. The minimum atomic E-state index is -0.761. The molecule has 1 aliphatic heterocycles. The number of benzene rings is 3. The highest BCUT2D eigenvalue weighted by atomic mass is 16.6. The number of methoxy groups -OCH3 is 1. The van der Waals surface area contributed by atoms with Crippen molar-refractivity contribution < 1.29 is 28.9 Å². The summed E-state index contributed by atoms with van der Waals surface area (Å²) in [7, 11) is 1.34. The fourth-order valence-corrected chi connectivity index (χ4v) is 3.26. The molecule has 0 bridgehead atoms. The van der Waals surface area contributed by atoms with Crippen LogP contribution < -0.4 is 14.4 Å². The molecule has 0 fully saturated rings. The molecule has 0 saturated heterocycles. The van der Waals surface area contributed by atoms with Gasteiger partial charge in [-0.3, -0.25) is 29.8 Å². The fraction of sp³-hybridized carbons (Fsp3) is 0.0476. The van der Waals surface area contributed by atoms with Gasteiger partial charge in [-0.15, -0.1) is 0 Å². The second kappa shape index (κ2) is 7.80. The number of non-ortho nitro benzene ring substituents is 1. The van der Waals surface area contributed by atoms with Crippen LogP contribution in [0.25, 0.3) is 0 Å². The molecule has 0 atom stereocenters. The van der Waals surface area contributed by atoms with E-state index in [1.165, 1.54) is 61.7 Å². The van der Waals surface area contributed by atoms with Crippen molar-refractivity contribution in [3.8, 4) is 17.2 Å². The number of nitro benzene ring substituents is 2. The molecule has 2 amide bonds. The van der Waals surface area contributed by atoms with E-state index in [1.54, 1.807) is 0 Å². The highest BCUT2D eigenvalue weighted by molar-refractivity contribution is 6.35. The van der Waals surface area contributed by atoms with Gasteiger partial charge in [-0.05, 0) is 36.4 Å². The summed E-state index contributed by atoms with van der Waals surface area (Å²) in [5.74, 6) is -0.956. The maximum atomic E-state index is 13.0. The van der Waals surface area contributed by atoms with E-state index in [9.17, 15) is 29.8 Å². The molecule has 1 heterocycles. The summed E-state index contributed by atoms with van der Waals surface area (Å²) in [6.07, 6.45) is 0. The summed E-state index contributed by atoms with van der Waals surface area (Å²) in [5, 5.41) is 22.4. The number of carbonyl (C=O) groups is 2. The van der Waals surface area contributed by atoms with Crippen molar-refractivity contribution in [2.24, 2.45) is 0 Å². The number of amides is 2. The van der Waals surface area contributed by atoms with Crippen LogP contribution in [-0.4, -0.2) is 28.8 Å². The number of anilines is 1. The van der Waals surface area contributed by atoms with Crippen LogP contribution in [0.15, 0.2) is 60.7 Å². The first-order chi connectivity index (χ1) is 15.3. The number of hydrogen-bond acceptors (Lipinski definition) is 8. The molecule has 3 aromatic carbocycles. The lowest BCUT2D eigenvalue weighted by Gasteiger charge is -2.14. The van der Waals surface area contributed by atoms with Gasteiger partial charge in [0.25, 0.3) is 23.2 Å². The van der Waals surface area contributed by atoms with E-state index >= 15 is 0 Å². The van der Waals surface area contributed by atoms with Gasteiger partial charge in [0, 0.05) is 6.07 Å². The van der Waals surface area contributed by atoms with E-state index in [0.29, 0.717) is 0 Å². The van der Waals surface area contributed by atoms with E-state index < -0.39 is 27.3 Å². The Morgan fingerprint density at radius 3 is 2.16 bits per heavy atom. The Hall–Kier alpha value is -4.80. The third-order valence-electron chi connectivity index (χ3n) is 4.74. The van der Waals surface area contributed by atoms with Crippen molar-refractivity contribution in [2.75, 3.05) is 12.0 Å². The second-order valence-electron chi connectivity index (χ2n) is 6.62. The minimum Gasteiger partial charge on any atom is -0.496 e. The van der Waals surface area contributed by atoms with Crippen LogP contribution in [0.4, 0.5) is 17.1 Å². The van der Waals surface area contributed by atoms with Gasteiger partial charge in [0.05, 0.1) is 40.2 Å². The molecule has 4 rings (SSSR count). The Labute approximate surface area is 179 Å². The van der Waals surface area contributed by atoms with Crippen molar-refractivity contribution in [3.63, 3.8) is 0 Å². The number of imide groups is 1. The molecule has 11 heteroatoms. The highest BCUT2D eigenvalue weighted by Crippen LogP contribution is 2.38. The molecule has 0 radical (unpaired) electrons. The fourth-order valence-electron chi connectivity index (χ4n) is 3.26. The number of carbonyl (C=O) groups excluding carboxylic acids is 2. The van der Waals surface area contributed by atoms with E-state index in [2.05, 4.69) is 0 Å². The monoisotopic (exact) mass is 435 g/mol. The molecular weight excluding hydrogens is 422 g/mol. The standard InChI is InChI=1S/C21H13N3O8/c1-31-13-6-8-18(19(11-13)24(29)30)22-20(25)16-7-5-15(10-17(16)21(22)26)32-14-4-2-3-12(9-14)23(27)28/h2-11H,1H3. The van der Waals surface area contributed by atoms with Gasteiger partial charge in [0.1, 0.15) is 22.9 Å². The molecule has 160 valence electrons. The molecule has 0 N–H and O–H groups in total. The molecule has 0 saturated carbocycles. The molecular formula is C21H13N3O8. The number of ether oxygens (including phenoxy) is 2. The lowest BCUT2D eigenvalue weighted by atomic mass is 10.1. The third-order valence-corrected chi connectivity index (χ3v) is 4.74. The topological polar surface area (TPSA) is 142 Å². The van der Waals surface area contributed by atoms with E-state index in [1.807, 2.05) is 0 Å². The average molecular weight is 435 g/mol. The molecule has 1 aliphatic rings. The number of rotatable bonds is 6. The Bertz CT molecular complexity index is 1300. The van der Waals surface area contributed by atoms with Crippen LogP contribution in [0.3, 0.4) is 0 Å². The summed E-state index contributed by atoms with van der Waals surface area (Å²) in [6, 6.07) is 13.3. The zero-order valence-corrected chi connectivity index (χ0v) is 16.4. The van der Waals surface area contributed by atoms with E-state index in [-0.39, 0.29) is 39.8 Å². The smallest absolute Gasteiger partial charge is 0.297 e. The Morgan fingerprint density at radius 2 is 1.47 bits per heavy atom. The summed E-state index contributed by atoms with van der Waals surface area (Å²) in [4.78, 5) is 47.7. The van der Waals surface area contributed by atoms with E-state index in [4.69, 9.17) is 9.47 Å². The number of nitro groups is 2. The van der Waals surface area contributed by atoms with Crippen molar-refractivity contribution in [3.05, 3.63) is 92.0 Å². The van der Waals surface area contributed by atoms with Crippen molar-refractivity contribution in [1.82, 2.24) is 0 Å². The Kier molecular flexibility index (Phi) is 4.99. The predicted octanol–water partition coefficient (Wildman–Crippen LogP) is 4.10. The van der Waals surface area contributed by atoms with Crippen molar-refractivity contribution in [2.45, 2.75) is 0 Å². The lowest BCUT2D eigenvalue weighted by Crippen LogP contribution is -2.30. The largest absolute Gasteiger partial charge is 0.496 e. The van der Waals surface area contributed by atoms with Crippen molar-refractivity contribution in [1.29, 1.82) is 0 Å². The Balaban J connectivity index is 1.69. The second-order valence-corrected chi connectivity index (χ2v) is 6.62. The highest BCUT2D eigenvalue weighted by Gasteiger charge is 2.40. The zero-order valence-electron chi connectivity index (χ0n) is 16.4. The summed E-state index contributed by atoms with van der Waals surface area (Å²) < 4.78 is 10.6. The van der Waals surface area contributed by atoms with Crippen LogP contribution in [-0.2, 0) is 0 Å². The Morgan fingerprint density at radius 1 is 0.781 bits per heavy atom. The van der Waals surface area contributed by atoms with Gasteiger partial charge < -0.3 is 9.47 Å². The van der Waals surface area contributed by atoms with Gasteiger partial charge in [0.2, 0.25) is 0 Å². The first-order valence-electron chi connectivity index (χ1n) is 9.07. The SMILES string of the molecule is COc1ccc(N2C(=O)c3ccc(Oc4cccc([N+](=O)[O-])c4)cc3C2=O)c([N+](=O)[O-])c1. The first-order valence-corrected chi connectivity index (χ1v) is 9.07. The molecule has 11 nitrogen and oxygen atoms in total. The zero-order chi connectivity index (χ0) is 23.0. The van der Waals surface area contributed by atoms with Gasteiger partial charge in [-0.1, -0.05) is 6.07 Å². The van der Waals surface area contributed by atoms with Crippen molar-refractivity contribution >= 4 is 28.9 Å². The van der Waals surface area contributed by atoms with Crippen LogP contribution in [0.5, 0.6) is 17.2 Å². The number of nitrogens with zero attached hydrogens (tertiary/aromatic N) is 3. The summed E-state index contributed by atoms with van der Waals surface area (Å²) >= 11 is 0.